The first kappa shape index (κ1) is 11.6. The largest absolute Gasteiger partial charge is 0.372 e. The van der Waals surface area contributed by atoms with Gasteiger partial charge in [-0.15, -0.1) is 0 Å². The van der Waals surface area contributed by atoms with Crippen molar-refractivity contribution in [3.63, 3.8) is 0 Å². The van der Waals surface area contributed by atoms with Crippen LogP contribution in [-0.4, -0.2) is 38.2 Å². The second-order valence-corrected chi connectivity index (χ2v) is 5.98. The van der Waals surface area contributed by atoms with E-state index < -0.39 is 10.0 Å². The predicted molar refractivity (Wildman–Crippen MR) is 61.4 cm³/mol. The second kappa shape index (κ2) is 4.53. The molecule has 0 radical (unpaired) electrons. The molecule has 1 unspecified atom stereocenters. The molecule has 0 aromatic heterocycles. The lowest BCUT2D eigenvalue weighted by molar-refractivity contribution is 0.333. The van der Waals surface area contributed by atoms with Crippen LogP contribution < -0.4 is 0 Å². The van der Waals surface area contributed by atoms with Crippen LogP contribution in [-0.2, 0) is 21.3 Å². The summed E-state index contributed by atoms with van der Waals surface area (Å²) in [5.41, 5.74) is 0.994. The van der Waals surface area contributed by atoms with E-state index in [4.69, 9.17) is 4.74 Å². The Bertz CT molecular complexity index is 440. The van der Waals surface area contributed by atoms with E-state index in [2.05, 4.69) is 0 Å². The Labute approximate surface area is 95.9 Å². The fourth-order valence-electron chi connectivity index (χ4n) is 1.50. The zero-order valence-corrected chi connectivity index (χ0v) is 9.98. The van der Waals surface area contributed by atoms with Crippen LogP contribution in [0.25, 0.3) is 0 Å². The molecule has 16 heavy (non-hydrogen) atoms. The first-order valence-electron chi connectivity index (χ1n) is 5.16. The summed E-state index contributed by atoms with van der Waals surface area (Å²) in [4.78, 5) is 0. The van der Waals surface area contributed by atoms with Crippen LogP contribution in [0.15, 0.2) is 30.3 Å². The lowest BCUT2D eigenvalue weighted by Crippen LogP contribution is -2.32. The van der Waals surface area contributed by atoms with Gasteiger partial charge < -0.3 is 4.74 Å². The van der Waals surface area contributed by atoms with Gasteiger partial charge in [0.15, 0.2) is 0 Å². The molecule has 1 aliphatic heterocycles. The van der Waals surface area contributed by atoms with Crippen LogP contribution in [0.1, 0.15) is 5.56 Å². The van der Waals surface area contributed by atoms with E-state index in [1.807, 2.05) is 30.3 Å². The van der Waals surface area contributed by atoms with Gasteiger partial charge in [0.25, 0.3) is 0 Å². The number of hydrogen-bond acceptors (Lipinski definition) is 3. The molecule has 1 saturated heterocycles. The Kier molecular flexibility index (Phi) is 3.28. The molecular weight excluding hydrogens is 226 g/mol. The van der Waals surface area contributed by atoms with E-state index >= 15 is 0 Å². The van der Waals surface area contributed by atoms with Gasteiger partial charge in [-0.2, -0.15) is 4.31 Å². The third kappa shape index (κ3) is 3.30. The Morgan fingerprint density at radius 1 is 1.38 bits per heavy atom. The highest BCUT2D eigenvalue weighted by Gasteiger charge is 2.29. The zero-order chi connectivity index (χ0) is 11.6. The van der Waals surface area contributed by atoms with Crippen molar-refractivity contribution in [1.82, 2.24) is 4.31 Å². The van der Waals surface area contributed by atoms with Crippen molar-refractivity contribution in [2.45, 2.75) is 12.6 Å². The minimum atomic E-state index is -3.16. The summed E-state index contributed by atoms with van der Waals surface area (Å²) in [5, 5.41) is 0. The van der Waals surface area contributed by atoms with Crippen LogP contribution >= 0.6 is 0 Å². The molecule has 4 nitrogen and oxygen atoms in total. The fourth-order valence-corrected chi connectivity index (χ4v) is 2.33. The minimum Gasteiger partial charge on any atom is -0.372 e. The third-order valence-electron chi connectivity index (χ3n) is 2.48. The maximum Gasteiger partial charge on any atom is 0.211 e. The predicted octanol–water partition coefficient (Wildman–Crippen LogP) is 0.847. The maximum absolute atomic E-state index is 11.6. The number of rotatable bonds is 5. The summed E-state index contributed by atoms with van der Waals surface area (Å²) in [5.74, 6) is 0. The molecule has 1 aromatic carbocycles. The molecule has 0 N–H and O–H groups in total. The van der Waals surface area contributed by atoms with Crippen LogP contribution in [0.2, 0.25) is 0 Å². The molecule has 1 heterocycles. The normalized spacial score (nSPS) is 20.0. The summed E-state index contributed by atoms with van der Waals surface area (Å²) in [6.07, 6.45) is 1.32. The molecule has 5 heteroatoms. The summed E-state index contributed by atoms with van der Waals surface area (Å²) < 4.78 is 29.7. The fraction of sp³-hybridized carbons (Fsp3) is 0.455. The van der Waals surface area contributed by atoms with Gasteiger partial charge >= 0.3 is 0 Å². The summed E-state index contributed by atoms with van der Waals surface area (Å²) in [6.45, 7) is 1.54. The Morgan fingerprint density at radius 2 is 2.00 bits per heavy atom. The third-order valence-corrected chi connectivity index (χ3v) is 3.70. The van der Waals surface area contributed by atoms with E-state index in [-0.39, 0.29) is 6.10 Å². The van der Waals surface area contributed by atoms with E-state index in [1.165, 1.54) is 10.6 Å². The zero-order valence-electron chi connectivity index (χ0n) is 9.17. The first-order valence-corrected chi connectivity index (χ1v) is 7.01. The molecule has 1 fully saturated rings. The highest BCUT2D eigenvalue weighted by atomic mass is 32.2. The van der Waals surface area contributed by atoms with Crippen LogP contribution in [0, 0.1) is 0 Å². The Hall–Kier alpha value is -0.910. The van der Waals surface area contributed by atoms with Crippen molar-refractivity contribution in [1.29, 1.82) is 0 Å². The summed E-state index contributed by atoms with van der Waals surface area (Å²) >= 11 is 0. The summed E-state index contributed by atoms with van der Waals surface area (Å²) in [7, 11) is -3.16. The molecule has 0 aliphatic carbocycles. The molecule has 88 valence electrons. The van der Waals surface area contributed by atoms with Crippen LogP contribution in [0.3, 0.4) is 0 Å². The van der Waals surface area contributed by atoms with E-state index in [0.29, 0.717) is 19.7 Å². The SMILES string of the molecule is CS(=O)(=O)N(Cc1ccccc1)CC1CO1. The molecule has 2 rings (SSSR count). The minimum absolute atomic E-state index is 0.0819. The number of hydrogen-bond donors (Lipinski definition) is 0. The lowest BCUT2D eigenvalue weighted by Gasteiger charge is -2.18. The molecule has 0 spiro atoms. The molecule has 1 aromatic rings. The van der Waals surface area contributed by atoms with Gasteiger partial charge in [0, 0.05) is 13.1 Å². The van der Waals surface area contributed by atoms with Crippen molar-refractivity contribution in [2.75, 3.05) is 19.4 Å². The van der Waals surface area contributed by atoms with Crippen LogP contribution in [0.5, 0.6) is 0 Å². The molecule has 1 atom stereocenters. The number of nitrogens with zero attached hydrogens (tertiary/aromatic N) is 1. The Morgan fingerprint density at radius 3 is 2.50 bits per heavy atom. The molecule has 1 aliphatic rings. The van der Waals surface area contributed by atoms with Crippen molar-refractivity contribution in [2.24, 2.45) is 0 Å². The van der Waals surface area contributed by atoms with Gasteiger partial charge in [0.05, 0.1) is 19.0 Å². The van der Waals surface area contributed by atoms with E-state index in [1.54, 1.807) is 0 Å². The number of ether oxygens (including phenoxy) is 1. The smallest absolute Gasteiger partial charge is 0.211 e. The highest BCUT2D eigenvalue weighted by molar-refractivity contribution is 7.88. The average Bonchev–Trinajstić information content (AvgIpc) is 3.01. The number of benzene rings is 1. The van der Waals surface area contributed by atoms with Crippen molar-refractivity contribution in [3.05, 3.63) is 35.9 Å². The van der Waals surface area contributed by atoms with E-state index in [0.717, 1.165) is 5.56 Å². The van der Waals surface area contributed by atoms with Crippen LogP contribution in [0.4, 0.5) is 0 Å². The van der Waals surface area contributed by atoms with Crippen molar-refractivity contribution < 1.29 is 13.2 Å². The van der Waals surface area contributed by atoms with Gasteiger partial charge in [-0.3, -0.25) is 0 Å². The summed E-state index contributed by atoms with van der Waals surface area (Å²) in [6, 6.07) is 9.57. The molecule has 0 bridgehead atoms. The van der Waals surface area contributed by atoms with Gasteiger partial charge in [0.1, 0.15) is 0 Å². The quantitative estimate of drug-likeness (QED) is 0.718. The monoisotopic (exact) mass is 241 g/mol. The average molecular weight is 241 g/mol. The van der Waals surface area contributed by atoms with Crippen molar-refractivity contribution in [3.8, 4) is 0 Å². The van der Waals surface area contributed by atoms with Crippen molar-refractivity contribution >= 4 is 10.0 Å². The standard InChI is InChI=1S/C11H15NO3S/c1-16(13,14)12(8-11-9-15-11)7-10-5-3-2-4-6-10/h2-6,11H,7-9H2,1H3. The van der Waals surface area contributed by atoms with Gasteiger partial charge in [-0.1, -0.05) is 30.3 Å². The highest BCUT2D eigenvalue weighted by Crippen LogP contribution is 2.15. The topological polar surface area (TPSA) is 49.9 Å². The van der Waals surface area contributed by atoms with Gasteiger partial charge in [-0.05, 0) is 5.56 Å². The Balaban J connectivity index is 2.07. The van der Waals surface area contributed by atoms with Gasteiger partial charge in [0.2, 0.25) is 10.0 Å². The number of epoxide rings is 1. The maximum atomic E-state index is 11.6. The lowest BCUT2D eigenvalue weighted by atomic mass is 10.2. The second-order valence-electron chi connectivity index (χ2n) is 4.00. The number of sulfonamides is 1. The molecular formula is C11H15NO3S. The molecule has 0 saturated carbocycles. The van der Waals surface area contributed by atoms with E-state index in [9.17, 15) is 8.42 Å². The first-order chi connectivity index (χ1) is 7.55. The molecule has 0 amide bonds. The van der Waals surface area contributed by atoms with Gasteiger partial charge in [-0.25, -0.2) is 8.42 Å².